The molecule has 0 bridgehead atoms. The minimum absolute atomic E-state index is 0.00446. The number of nitrogens with zero attached hydrogens (tertiary/aromatic N) is 2. The van der Waals surface area contributed by atoms with Gasteiger partial charge in [-0.05, 0) is 78.5 Å². The van der Waals surface area contributed by atoms with Gasteiger partial charge in [0.25, 0.3) is 0 Å². The predicted octanol–water partition coefficient (Wildman–Crippen LogP) is 9.04. The Balaban J connectivity index is 1.24. The molecule has 4 nitrogen and oxygen atoms in total. The summed E-state index contributed by atoms with van der Waals surface area (Å²) in [6.07, 6.45) is -0.934. The van der Waals surface area contributed by atoms with Crippen molar-refractivity contribution in [2.24, 2.45) is 0 Å². The number of hydrogen-bond acceptors (Lipinski definition) is 4. The summed E-state index contributed by atoms with van der Waals surface area (Å²) in [7, 11) is 0. The van der Waals surface area contributed by atoms with Crippen LogP contribution in [-0.4, -0.2) is 36.5 Å². The van der Waals surface area contributed by atoms with E-state index in [0.717, 1.165) is 72.1 Å². The molecule has 0 radical (unpaired) electrons. The number of anilines is 1. The van der Waals surface area contributed by atoms with Crippen LogP contribution in [0, 0.1) is 11.6 Å². The molecule has 0 unspecified atom stereocenters. The van der Waals surface area contributed by atoms with Crippen LogP contribution in [0.25, 0.3) is 16.7 Å². The zero-order valence-electron chi connectivity index (χ0n) is 26.1. The first-order valence-corrected chi connectivity index (χ1v) is 16.7. The molecule has 2 heterocycles. The van der Waals surface area contributed by atoms with Gasteiger partial charge in [-0.15, -0.1) is 11.8 Å². The average Bonchev–Trinajstić information content (AvgIpc) is 3.09. The number of thioether (sulfide) groups is 1. The Bertz CT molecular complexity index is 1820. The number of piperidine rings is 1. The second kappa shape index (κ2) is 14.4. The number of carbonyl (C=O) groups excluding carboxylic acids is 1. The molecular formula is C38H34F5N3OS. The molecule has 0 spiro atoms. The van der Waals surface area contributed by atoms with E-state index >= 15 is 0 Å². The van der Waals surface area contributed by atoms with Crippen LogP contribution in [-0.2, 0) is 23.3 Å². The first-order chi connectivity index (χ1) is 23.1. The number of fused-ring (bicyclic) bond motifs is 1. The van der Waals surface area contributed by atoms with Gasteiger partial charge in [0.05, 0.1) is 10.6 Å². The Morgan fingerprint density at radius 3 is 2.25 bits per heavy atom. The van der Waals surface area contributed by atoms with Crippen LogP contribution in [0.2, 0.25) is 0 Å². The van der Waals surface area contributed by atoms with Crippen LogP contribution in [0.5, 0.6) is 0 Å². The SMILES string of the molecule is C=C1C=C(SCc2cccc(F)c2F)N(CC(=O)N(Cc2ccc(-c3ccc(C(F)(F)F)cc3)cc2)C2CCNCC2)c2ccccc21. The highest BCUT2D eigenvalue weighted by Gasteiger charge is 2.31. The Kier molecular flexibility index (Phi) is 10.0. The van der Waals surface area contributed by atoms with Crippen molar-refractivity contribution in [3.8, 4) is 11.1 Å². The Morgan fingerprint density at radius 1 is 0.896 bits per heavy atom. The van der Waals surface area contributed by atoms with Gasteiger partial charge in [0.15, 0.2) is 11.6 Å². The second-order valence-electron chi connectivity index (χ2n) is 11.9. The quantitative estimate of drug-likeness (QED) is 0.180. The number of halogens is 5. The molecule has 0 saturated carbocycles. The van der Waals surface area contributed by atoms with Crippen molar-refractivity contribution in [1.29, 1.82) is 0 Å². The topological polar surface area (TPSA) is 35.6 Å². The molecule has 0 atom stereocenters. The van der Waals surface area contributed by atoms with Crippen molar-refractivity contribution in [3.63, 3.8) is 0 Å². The first kappa shape index (κ1) is 33.5. The summed E-state index contributed by atoms with van der Waals surface area (Å²) in [5, 5.41) is 4.07. The van der Waals surface area contributed by atoms with E-state index in [9.17, 15) is 26.7 Å². The van der Waals surface area contributed by atoms with Crippen LogP contribution in [0.15, 0.2) is 109 Å². The standard InChI is InChI=1S/C38H34F5N3OS/c1-25-21-36(48-24-29-5-4-7-33(39)37(29)40)46(34-8-3-2-6-32(25)34)23-35(47)45(31-17-19-44-20-18-31)22-26-9-11-27(12-10-26)28-13-15-30(16-14-28)38(41,42)43/h2-16,21,31,44H,1,17-20,22-24H2. The summed E-state index contributed by atoms with van der Waals surface area (Å²) in [4.78, 5) is 18.2. The van der Waals surface area contributed by atoms with E-state index in [0.29, 0.717) is 17.1 Å². The molecule has 1 amide bonds. The molecule has 4 aromatic rings. The Labute approximate surface area is 281 Å². The van der Waals surface area contributed by atoms with Crippen LogP contribution < -0.4 is 10.2 Å². The van der Waals surface area contributed by atoms with E-state index in [1.165, 1.54) is 30.0 Å². The van der Waals surface area contributed by atoms with E-state index in [1.807, 2.05) is 64.4 Å². The van der Waals surface area contributed by atoms with E-state index in [4.69, 9.17) is 0 Å². The fourth-order valence-corrected chi connectivity index (χ4v) is 7.19. The van der Waals surface area contributed by atoms with Gasteiger partial charge >= 0.3 is 6.18 Å². The highest BCUT2D eigenvalue weighted by atomic mass is 32.2. The Hall–Kier alpha value is -4.41. The number of benzene rings is 4. The third-order valence-corrected chi connectivity index (χ3v) is 9.82. The maximum absolute atomic E-state index is 14.5. The van der Waals surface area contributed by atoms with Crippen molar-refractivity contribution in [3.05, 3.63) is 143 Å². The average molecular weight is 676 g/mol. The molecule has 2 aliphatic heterocycles. The molecular weight excluding hydrogens is 641 g/mol. The lowest BCUT2D eigenvalue weighted by molar-refractivity contribution is -0.137. The summed E-state index contributed by atoms with van der Waals surface area (Å²) in [5.74, 6) is -1.71. The molecule has 248 valence electrons. The highest BCUT2D eigenvalue weighted by molar-refractivity contribution is 8.02. The van der Waals surface area contributed by atoms with Crippen molar-refractivity contribution >= 4 is 28.9 Å². The lowest BCUT2D eigenvalue weighted by Gasteiger charge is -2.38. The zero-order valence-corrected chi connectivity index (χ0v) is 26.9. The van der Waals surface area contributed by atoms with Crippen LogP contribution in [0.4, 0.5) is 27.6 Å². The molecule has 2 aliphatic rings. The van der Waals surface area contributed by atoms with E-state index in [1.54, 1.807) is 6.07 Å². The summed E-state index contributed by atoms with van der Waals surface area (Å²) in [6, 6.07) is 24.4. The fourth-order valence-electron chi connectivity index (χ4n) is 6.11. The number of carbonyl (C=O) groups is 1. The normalized spacial score (nSPS) is 15.2. The lowest BCUT2D eigenvalue weighted by atomic mass is 10.00. The first-order valence-electron chi connectivity index (χ1n) is 15.7. The van der Waals surface area contributed by atoms with Gasteiger partial charge in [-0.25, -0.2) is 8.78 Å². The number of alkyl halides is 3. The van der Waals surface area contributed by atoms with Crippen LogP contribution in [0.1, 0.15) is 35.1 Å². The molecule has 1 N–H and O–H groups in total. The lowest BCUT2D eigenvalue weighted by Crippen LogP contribution is -2.49. The third-order valence-electron chi connectivity index (χ3n) is 8.73. The van der Waals surface area contributed by atoms with Crippen molar-refractivity contribution in [2.45, 2.75) is 37.4 Å². The number of amides is 1. The zero-order chi connectivity index (χ0) is 33.8. The van der Waals surface area contributed by atoms with Gasteiger partial charge < -0.3 is 15.1 Å². The minimum Gasteiger partial charge on any atom is -0.334 e. The second-order valence-corrected chi connectivity index (χ2v) is 12.9. The Morgan fingerprint density at radius 2 is 1.56 bits per heavy atom. The van der Waals surface area contributed by atoms with Gasteiger partial charge in [0.2, 0.25) is 5.91 Å². The smallest absolute Gasteiger partial charge is 0.334 e. The molecule has 1 fully saturated rings. The van der Waals surface area contributed by atoms with E-state index in [2.05, 4.69) is 11.9 Å². The van der Waals surface area contributed by atoms with Gasteiger partial charge in [-0.3, -0.25) is 4.79 Å². The number of para-hydroxylation sites is 1. The number of rotatable bonds is 9. The molecule has 1 saturated heterocycles. The predicted molar refractivity (Wildman–Crippen MR) is 182 cm³/mol. The van der Waals surface area contributed by atoms with Crippen LogP contribution >= 0.6 is 11.8 Å². The van der Waals surface area contributed by atoms with E-state index in [-0.39, 0.29) is 29.8 Å². The van der Waals surface area contributed by atoms with Gasteiger partial charge in [0.1, 0.15) is 6.54 Å². The number of allylic oxidation sites excluding steroid dienone is 2. The molecule has 0 aliphatic carbocycles. The summed E-state index contributed by atoms with van der Waals surface area (Å²) >= 11 is 1.32. The highest BCUT2D eigenvalue weighted by Crippen LogP contribution is 2.40. The molecule has 10 heteroatoms. The maximum Gasteiger partial charge on any atom is 0.416 e. The van der Waals surface area contributed by atoms with Crippen molar-refractivity contribution in [2.75, 3.05) is 24.5 Å². The molecule has 4 aromatic carbocycles. The van der Waals surface area contributed by atoms with Gasteiger partial charge in [-0.1, -0.05) is 73.3 Å². The summed E-state index contributed by atoms with van der Waals surface area (Å²) in [6.45, 7) is 6.17. The molecule has 48 heavy (non-hydrogen) atoms. The molecule has 0 aromatic heterocycles. The molecule has 6 rings (SSSR count). The van der Waals surface area contributed by atoms with Crippen molar-refractivity contribution < 1.29 is 26.7 Å². The third kappa shape index (κ3) is 7.50. The largest absolute Gasteiger partial charge is 0.416 e. The monoisotopic (exact) mass is 675 g/mol. The summed E-state index contributed by atoms with van der Waals surface area (Å²) < 4.78 is 67.6. The minimum atomic E-state index is -4.40. The van der Waals surface area contributed by atoms with Crippen LogP contribution in [0.3, 0.4) is 0 Å². The van der Waals surface area contributed by atoms with Gasteiger partial charge in [-0.2, -0.15) is 13.2 Å². The fraction of sp³-hybridized carbons (Fsp3) is 0.237. The van der Waals surface area contributed by atoms with Gasteiger partial charge in [0, 0.05) is 35.2 Å². The number of hydrogen-bond donors (Lipinski definition) is 1. The summed E-state index contributed by atoms with van der Waals surface area (Å²) in [5.41, 5.74) is 4.34. The number of nitrogens with one attached hydrogen (secondary N) is 1. The maximum atomic E-state index is 14.5. The van der Waals surface area contributed by atoms with Crippen molar-refractivity contribution in [1.82, 2.24) is 10.2 Å². The van der Waals surface area contributed by atoms with E-state index < -0.39 is 23.4 Å².